The zero-order chi connectivity index (χ0) is 22.5. The van der Waals surface area contributed by atoms with Crippen molar-refractivity contribution in [2.45, 2.75) is 39.5 Å². The largest absolute Gasteiger partial charge is 0.362 e. The van der Waals surface area contributed by atoms with Gasteiger partial charge in [-0.1, -0.05) is 43.4 Å². The minimum atomic E-state index is -0.460. The second-order valence-electron chi connectivity index (χ2n) is 9.16. The molecule has 7 heteroatoms. The monoisotopic (exact) mass is 444 g/mol. The first-order chi connectivity index (χ1) is 15.3. The summed E-state index contributed by atoms with van der Waals surface area (Å²) in [6.45, 7) is 6.10. The van der Waals surface area contributed by atoms with Gasteiger partial charge in [0.15, 0.2) is 10.9 Å². The highest BCUT2D eigenvalue weighted by Gasteiger charge is 2.42. The summed E-state index contributed by atoms with van der Waals surface area (Å²) in [5, 5.41) is 6.90. The number of pyridine rings is 1. The molecule has 3 aromatic rings. The Kier molecular flexibility index (Phi) is 4.93. The van der Waals surface area contributed by atoms with Crippen LogP contribution in [0.2, 0.25) is 0 Å². The average Bonchev–Trinajstić information content (AvgIpc) is 3.14. The summed E-state index contributed by atoms with van der Waals surface area (Å²) in [5.74, 6) is -0.639. The number of Topliss-reactive ketones (excluding diaryl/α,β-unsaturated/α-hetero) is 1. The van der Waals surface area contributed by atoms with Crippen molar-refractivity contribution in [1.29, 1.82) is 0 Å². The zero-order valence-electron chi connectivity index (χ0n) is 18.2. The number of thiazole rings is 1. The number of amides is 1. The molecule has 1 atom stereocenters. The van der Waals surface area contributed by atoms with Crippen LogP contribution in [-0.4, -0.2) is 21.7 Å². The number of hydrogen-bond acceptors (Lipinski definition) is 6. The molecule has 162 valence electrons. The number of fused-ring (bicyclic) bond motifs is 1. The maximum absolute atomic E-state index is 13.6. The van der Waals surface area contributed by atoms with Crippen molar-refractivity contribution in [2.24, 2.45) is 5.41 Å². The summed E-state index contributed by atoms with van der Waals surface area (Å²) in [7, 11) is 0. The third kappa shape index (κ3) is 3.62. The van der Waals surface area contributed by atoms with E-state index >= 15 is 0 Å². The number of carbonyl (C=O) groups is 2. The quantitative estimate of drug-likeness (QED) is 0.598. The summed E-state index contributed by atoms with van der Waals surface area (Å²) in [5.41, 5.74) is 4.43. The van der Waals surface area contributed by atoms with Gasteiger partial charge in [-0.2, -0.15) is 0 Å². The average molecular weight is 445 g/mol. The molecule has 0 bridgehead atoms. The zero-order valence-corrected chi connectivity index (χ0v) is 19.0. The summed E-state index contributed by atoms with van der Waals surface area (Å²) >= 11 is 1.43. The van der Waals surface area contributed by atoms with E-state index in [1.54, 1.807) is 12.4 Å². The number of dihydropyridines is 1. The van der Waals surface area contributed by atoms with E-state index in [0.29, 0.717) is 22.7 Å². The summed E-state index contributed by atoms with van der Waals surface area (Å²) in [6.07, 6.45) is 4.65. The van der Waals surface area contributed by atoms with Crippen molar-refractivity contribution in [3.63, 3.8) is 0 Å². The number of benzene rings is 1. The van der Waals surface area contributed by atoms with E-state index in [4.69, 9.17) is 0 Å². The van der Waals surface area contributed by atoms with Gasteiger partial charge in [-0.25, -0.2) is 4.98 Å². The van der Waals surface area contributed by atoms with Crippen LogP contribution in [0, 0.1) is 5.41 Å². The van der Waals surface area contributed by atoms with Crippen molar-refractivity contribution in [3.8, 4) is 0 Å². The van der Waals surface area contributed by atoms with Gasteiger partial charge >= 0.3 is 0 Å². The molecule has 2 aromatic heterocycles. The molecular weight excluding hydrogens is 420 g/mol. The van der Waals surface area contributed by atoms with Crippen LogP contribution >= 0.6 is 11.3 Å². The van der Waals surface area contributed by atoms with Crippen molar-refractivity contribution in [1.82, 2.24) is 15.3 Å². The Balaban J connectivity index is 1.57. The number of rotatable bonds is 3. The van der Waals surface area contributed by atoms with Gasteiger partial charge in [0.25, 0.3) is 5.91 Å². The number of para-hydroxylation sites is 1. The molecule has 3 heterocycles. The van der Waals surface area contributed by atoms with Gasteiger partial charge in [0.1, 0.15) is 0 Å². The molecular formula is C25H24N4O2S. The smallest absolute Gasteiger partial charge is 0.256 e. The van der Waals surface area contributed by atoms with Gasteiger partial charge in [-0.15, -0.1) is 0 Å². The maximum Gasteiger partial charge on any atom is 0.256 e. The predicted molar refractivity (Wildman–Crippen MR) is 126 cm³/mol. The third-order valence-corrected chi connectivity index (χ3v) is 6.97. The van der Waals surface area contributed by atoms with E-state index in [-0.39, 0.29) is 17.1 Å². The number of aromatic nitrogens is 2. The molecule has 0 fully saturated rings. The Morgan fingerprint density at radius 2 is 2.00 bits per heavy atom. The Morgan fingerprint density at radius 1 is 1.19 bits per heavy atom. The first-order valence-electron chi connectivity index (χ1n) is 10.6. The number of anilines is 1. The third-order valence-electron chi connectivity index (χ3n) is 6.02. The number of carbonyl (C=O) groups excluding carboxylic acids is 2. The number of ketones is 1. The predicted octanol–water partition coefficient (Wildman–Crippen LogP) is 4.93. The molecule has 1 aliphatic heterocycles. The molecule has 1 unspecified atom stereocenters. The molecule has 6 nitrogen and oxygen atoms in total. The molecule has 2 aliphatic rings. The van der Waals surface area contributed by atoms with Crippen molar-refractivity contribution in [3.05, 3.63) is 76.9 Å². The van der Waals surface area contributed by atoms with Crippen molar-refractivity contribution in [2.75, 3.05) is 5.32 Å². The van der Waals surface area contributed by atoms with E-state index in [0.717, 1.165) is 33.6 Å². The lowest BCUT2D eigenvalue weighted by atomic mass is 9.68. The molecule has 1 amide bonds. The fourth-order valence-electron chi connectivity index (χ4n) is 4.71. The van der Waals surface area contributed by atoms with Crippen molar-refractivity contribution >= 4 is 38.4 Å². The minimum Gasteiger partial charge on any atom is -0.362 e. The summed E-state index contributed by atoms with van der Waals surface area (Å²) < 4.78 is 1.01. The lowest BCUT2D eigenvalue weighted by Crippen LogP contribution is -2.39. The molecule has 5 rings (SSSR count). The van der Waals surface area contributed by atoms with E-state index in [2.05, 4.69) is 34.4 Å². The molecule has 32 heavy (non-hydrogen) atoms. The lowest BCUT2D eigenvalue weighted by Gasteiger charge is -2.39. The Bertz CT molecular complexity index is 1270. The first kappa shape index (κ1) is 20.6. The number of allylic oxidation sites excluding steroid dienone is 3. The Labute approximate surface area is 190 Å². The maximum atomic E-state index is 13.6. The van der Waals surface area contributed by atoms with Crippen molar-refractivity contribution < 1.29 is 9.59 Å². The van der Waals surface area contributed by atoms with Gasteiger partial charge in [-0.3, -0.25) is 19.9 Å². The van der Waals surface area contributed by atoms with Gasteiger partial charge in [0.05, 0.1) is 10.2 Å². The normalized spacial score (nSPS) is 20.2. The first-order valence-corrected chi connectivity index (χ1v) is 11.4. The number of hydrogen-bond donors (Lipinski definition) is 2. The Hall–Kier alpha value is -3.32. The molecule has 0 saturated carbocycles. The molecule has 0 spiro atoms. The fraction of sp³-hybridized carbons (Fsp3) is 0.280. The van der Waals surface area contributed by atoms with E-state index in [9.17, 15) is 9.59 Å². The second-order valence-corrected chi connectivity index (χ2v) is 10.2. The van der Waals surface area contributed by atoms with Gasteiger partial charge < -0.3 is 5.32 Å². The molecule has 0 radical (unpaired) electrons. The van der Waals surface area contributed by atoms with E-state index < -0.39 is 5.92 Å². The van der Waals surface area contributed by atoms with Crippen LogP contribution in [0.3, 0.4) is 0 Å². The summed E-state index contributed by atoms with van der Waals surface area (Å²) in [4.78, 5) is 35.6. The van der Waals surface area contributed by atoms with Crippen LogP contribution in [0.25, 0.3) is 10.2 Å². The highest BCUT2D eigenvalue weighted by Crippen LogP contribution is 2.46. The van der Waals surface area contributed by atoms with Gasteiger partial charge in [0.2, 0.25) is 0 Å². The van der Waals surface area contributed by atoms with Crippen LogP contribution in [0.1, 0.15) is 45.1 Å². The molecule has 1 aliphatic carbocycles. The van der Waals surface area contributed by atoms with Crippen LogP contribution in [-0.2, 0) is 9.59 Å². The molecule has 0 saturated heterocycles. The van der Waals surface area contributed by atoms with Crippen LogP contribution in [0.5, 0.6) is 0 Å². The fourth-order valence-corrected chi connectivity index (χ4v) is 5.57. The topological polar surface area (TPSA) is 84.0 Å². The van der Waals surface area contributed by atoms with E-state index in [1.807, 2.05) is 43.3 Å². The SMILES string of the molecule is CC1=C(C(=O)Nc2nc3ccccc3s2)C(c2cccnc2)C2=C(CC(C)(C)CC2=O)N1. The van der Waals surface area contributed by atoms with Gasteiger partial charge in [-0.05, 0) is 42.5 Å². The molecule has 2 N–H and O–H groups in total. The van der Waals surface area contributed by atoms with Gasteiger partial charge in [0, 0.05) is 47.3 Å². The highest BCUT2D eigenvalue weighted by atomic mass is 32.1. The van der Waals surface area contributed by atoms with E-state index in [1.165, 1.54) is 11.3 Å². The van der Waals surface area contributed by atoms with Crippen LogP contribution < -0.4 is 10.6 Å². The number of nitrogens with zero attached hydrogens (tertiary/aromatic N) is 2. The van der Waals surface area contributed by atoms with Crippen LogP contribution in [0.4, 0.5) is 5.13 Å². The molecule has 1 aromatic carbocycles. The second kappa shape index (κ2) is 7.67. The minimum absolute atomic E-state index is 0.0791. The lowest BCUT2D eigenvalue weighted by molar-refractivity contribution is -0.118. The Morgan fingerprint density at radius 3 is 2.75 bits per heavy atom. The standard InChI is InChI=1S/C25H24N4O2S/c1-14-20(23(31)29-24-28-16-8-4-5-9-19(16)32-24)21(15-7-6-10-26-13-15)22-17(27-14)11-25(2,3)12-18(22)30/h4-10,13,21,27H,11-12H2,1-3H3,(H,28,29,31). The summed E-state index contributed by atoms with van der Waals surface area (Å²) in [6, 6.07) is 11.5. The highest BCUT2D eigenvalue weighted by molar-refractivity contribution is 7.22. The number of nitrogens with one attached hydrogen (secondary N) is 2. The van der Waals surface area contributed by atoms with Crippen LogP contribution in [0.15, 0.2) is 71.3 Å².